The topological polar surface area (TPSA) is 90.1 Å². The van der Waals surface area contributed by atoms with Gasteiger partial charge in [-0.15, -0.1) is 5.10 Å². The van der Waals surface area contributed by atoms with E-state index in [4.69, 9.17) is 9.84 Å². The Morgan fingerprint density at radius 1 is 1.59 bits per heavy atom. The molecule has 0 atom stereocenters. The number of nitrogens with zero attached hydrogens (tertiary/aromatic N) is 4. The molecule has 0 aliphatic carbocycles. The molecule has 0 saturated carbocycles. The highest BCUT2D eigenvalue weighted by atomic mass is 32.2. The number of carbonyl (C=O) groups is 1. The zero-order chi connectivity index (χ0) is 12.9. The molecule has 1 heterocycles. The molecule has 1 aromatic rings. The molecule has 0 saturated heterocycles. The number of hydrogen-bond donors (Lipinski definition) is 1. The lowest BCUT2D eigenvalue weighted by atomic mass is 9.97. The zero-order valence-electron chi connectivity index (χ0n) is 10.1. The minimum Gasteiger partial charge on any atom is -0.469 e. The van der Waals surface area contributed by atoms with Crippen molar-refractivity contribution in [2.75, 3.05) is 19.5 Å². The maximum absolute atomic E-state index is 11.5. The molecule has 0 spiro atoms. The first-order valence-corrected chi connectivity index (χ1v) is 6.08. The Morgan fingerprint density at radius 3 is 2.88 bits per heavy atom. The van der Waals surface area contributed by atoms with Gasteiger partial charge in [0.1, 0.15) is 0 Å². The Morgan fingerprint density at radius 2 is 2.29 bits per heavy atom. The number of methoxy groups -OCH3 is 1. The molecule has 0 bridgehead atoms. The number of esters is 1. The first-order valence-electron chi connectivity index (χ1n) is 5.09. The lowest BCUT2D eigenvalue weighted by Gasteiger charge is -2.20. The average Bonchev–Trinajstić information content (AvgIpc) is 2.73. The Bertz CT molecular complexity index is 380. The van der Waals surface area contributed by atoms with Crippen LogP contribution >= 0.6 is 11.8 Å². The summed E-state index contributed by atoms with van der Waals surface area (Å²) in [7, 11) is 1.37. The van der Waals surface area contributed by atoms with Gasteiger partial charge >= 0.3 is 5.97 Å². The van der Waals surface area contributed by atoms with Crippen LogP contribution in [0.5, 0.6) is 0 Å². The average molecular weight is 260 g/mol. The van der Waals surface area contributed by atoms with Crippen molar-refractivity contribution in [3.8, 4) is 0 Å². The van der Waals surface area contributed by atoms with E-state index in [9.17, 15) is 4.79 Å². The number of tetrazole rings is 1. The number of aliphatic hydroxyl groups is 1. The second-order valence-electron chi connectivity index (χ2n) is 4.07. The molecular formula is C9H16N4O3S. The van der Waals surface area contributed by atoms with E-state index in [0.717, 1.165) is 0 Å². The summed E-state index contributed by atoms with van der Waals surface area (Å²) in [6.45, 7) is 3.91. The first-order chi connectivity index (χ1) is 8.01. The highest BCUT2D eigenvalue weighted by Gasteiger charge is 2.29. The van der Waals surface area contributed by atoms with E-state index in [2.05, 4.69) is 15.5 Å². The van der Waals surface area contributed by atoms with Crippen LogP contribution in [0.3, 0.4) is 0 Å². The van der Waals surface area contributed by atoms with Gasteiger partial charge in [0.2, 0.25) is 5.16 Å². The summed E-state index contributed by atoms with van der Waals surface area (Å²) in [5.41, 5.74) is -0.602. The molecular weight excluding hydrogens is 244 g/mol. The van der Waals surface area contributed by atoms with Gasteiger partial charge in [0.05, 0.1) is 25.7 Å². The van der Waals surface area contributed by atoms with Gasteiger partial charge in [-0.2, -0.15) is 0 Å². The summed E-state index contributed by atoms with van der Waals surface area (Å²) in [5, 5.41) is 20.5. The van der Waals surface area contributed by atoms with E-state index >= 15 is 0 Å². The van der Waals surface area contributed by atoms with E-state index in [0.29, 0.717) is 17.5 Å². The smallest absolute Gasteiger partial charge is 0.312 e. The first kappa shape index (κ1) is 13.9. The minimum atomic E-state index is -0.602. The van der Waals surface area contributed by atoms with Crippen LogP contribution in [0.1, 0.15) is 13.8 Å². The maximum atomic E-state index is 11.5. The summed E-state index contributed by atoms with van der Waals surface area (Å²) in [4.78, 5) is 11.5. The highest BCUT2D eigenvalue weighted by molar-refractivity contribution is 7.99. The van der Waals surface area contributed by atoms with Crippen molar-refractivity contribution in [3.05, 3.63) is 0 Å². The zero-order valence-corrected chi connectivity index (χ0v) is 10.9. The van der Waals surface area contributed by atoms with Gasteiger partial charge < -0.3 is 9.84 Å². The molecule has 0 aromatic carbocycles. The van der Waals surface area contributed by atoms with Gasteiger partial charge in [0, 0.05) is 5.75 Å². The second kappa shape index (κ2) is 5.97. The number of aliphatic hydroxyl groups excluding tert-OH is 1. The molecule has 1 rings (SSSR count). The normalized spacial score (nSPS) is 11.5. The van der Waals surface area contributed by atoms with Crippen molar-refractivity contribution in [2.45, 2.75) is 25.5 Å². The third-order valence-corrected chi connectivity index (χ3v) is 3.53. The third kappa shape index (κ3) is 3.67. The van der Waals surface area contributed by atoms with Crippen LogP contribution in [0.2, 0.25) is 0 Å². The predicted molar refractivity (Wildman–Crippen MR) is 61.4 cm³/mol. The summed E-state index contributed by atoms with van der Waals surface area (Å²) in [5.74, 6) is 0.233. The van der Waals surface area contributed by atoms with Crippen molar-refractivity contribution in [2.24, 2.45) is 5.41 Å². The molecule has 0 fully saturated rings. The molecule has 0 aliphatic rings. The van der Waals surface area contributed by atoms with Gasteiger partial charge in [-0.3, -0.25) is 4.79 Å². The molecule has 0 radical (unpaired) electrons. The van der Waals surface area contributed by atoms with Gasteiger partial charge in [0.25, 0.3) is 0 Å². The van der Waals surface area contributed by atoms with Crippen molar-refractivity contribution < 1.29 is 14.6 Å². The van der Waals surface area contributed by atoms with Crippen molar-refractivity contribution >= 4 is 17.7 Å². The largest absolute Gasteiger partial charge is 0.469 e. The van der Waals surface area contributed by atoms with Crippen LogP contribution in [0.25, 0.3) is 0 Å². The van der Waals surface area contributed by atoms with E-state index in [1.807, 2.05) is 0 Å². The molecule has 0 aliphatic heterocycles. The van der Waals surface area contributed by atoms with Crippen LogP contribution in [0.15, 0.2) is 5.16 Å². The monoisotopic (exact) mass is 260 g/mol. The third-order valence-electron chi connectivity index (χ3n) is 2.11. The van der Waals surface area contributed by atoms with Gasteiger partial charge in [-0.05, 0) is 24.3 Å². The van der Waals surface area contributed by atoms with E-state index in [1.165, 1.54) is 23.6 Å². The number of rotatable bonds is 6. The molecule has 1 aromatic heterocycles. The summed E-state index contributed by atoms with van der Waals surface area (Å²) in [6, 6.07) is 0. The molecule has 0 amide bonds. The molecule has 1 N–H and O–H groups in total. The van der Waals surface area contributed by atoms with Crippen LogP contribution in [0.4, 0.5) is 0 Å². The fourth-order valence-electron chi connectivity index (χ4n) is 1.12. The van der Waals surface area contributed by atoms with Gasteiger partial charge in [0.15, 0.2) is 0 Å². The Labute approximate surface area is 104 Å². The maximum Gasteiger partial charge on any atom is 0.312 e. The number of ether oxygens (including phenoxy) is 1. The van der Waals surface area contributed by atoms with Crippen LogP contribution in [0, 0.1) is 5.41 Å². The minimum absolute atomic E-state index is 0.0288. The fourth-order valence-corrected chi connectivity index (χ4v) is 2.09. The van der Waals surface area contributed by atoms with Crippen molar-refractivity contribution in [1.82, 2.24) is 20.2 Å². The molecule has 96 valence electrons. The summed E-state index contributed by atoms with van der Waals surface area (Å²) < 4.78 is 6.21. The molecule has 17 heavy (non-hydrogen) atoms. The second-order valence-corrected chi connectivity index (χ2v) is 5.01. The Hall–Kier alpha value is -1.15. The van der Waals surface area contributed by atoms with Crippen molar-refractivity contribution in [3.63, 3.8) is 0 Å². The van der Waals surface area contributed by atoms with Crippen LogP contribution < -0.4 is 0 Å². The fraction of sp³-hybridized carbons (Fsp3) is 0.778. The molecule has 0 unspecified atom stereocenters. The quantitative estimate of drug-likeness (QED) is 0.566. The standard InChI is InChI=1S/C9H16N4O3S/c1-9(2,7(15)16-3)6-17-8-10-11-12-13(8)4-5-14/h14H,4-6H2,1-3H3. The van der Waals surface area contributed by atoms with Gasteiger partial charge in [-0.1, -0.05) is 11.8 Å². The van der Waals surface area contributed by atoms with Crippen LogP contribution in [-0.4, -0.2) is 50.8 Å². The lowest BCUT2D eigenvalue weighted by molar-refractivity contribution is -0.149. The number of carbonyl (C=O) groups excluding carboxylic acids is 1. The SMILES string of the molecule is COC(=O)C(C)(C)CSc1nnnn1CCO. The van der Waals surface area contributed by atoms with Crippen LogP contribution in [-0.2, 0) is 16.1 Å². The summed E-state index contributed by atoms with van der Waals surface area (Å²) in [6.07, 6.45) is 0. The Kier molecular flexibility index (Phi) is 4.88. The number of hydrogen-bond acceptors (Lipinski definition) is 7. The lowest BCUT2D eigenvalue weighted by Crippen LogP contribution is -2.28. The Balaban J connectivity index is 2.60. The number of aromatic nitrogens is 4. The van der Waals surface area contributed by atoms with Crippen molar-refractivity contribution in [1.29, 1.82) is 0 Å². The van der Waals surface area contributed by atoms with E-state index < -0.39 is 5.41 Å². The predicted octanol–water partition coefficient (Wildman–Crippen LogP) is -0.0433. The van der Waals surface area contributed by atoms with E-state index in [1.54, 1.807) is 13.8 Å². The van der Waals surface area contributed by atoms with E-state index in [-0.39, 0.29) is 12.6 Å². The highest BCUT2D eigenvalue weighted by Crippen LogP contribution is 2.27. The number of thioether (sulfide) groups is 1. The summed E-state index contributed by atoms with van der Waals surface area (Å²) >= 11 is 1.36. The van der Waals surface area contributed by atoms with Gasteiger partial charge in [-0.25, -0.2) is 4.68 Å². The molecule has 8 heteroatoms. The molecule has 7 nitrogen and oxygen atoms in total.